The first kappa shape index (κ1) is 12.0. The van der Waals surface area contributed by atoms with Crippen LogP contribution in [-0.2, 0) is 4.74 Å². The molecule has 0 spiro atoms. The second kappa shape index (κ2) is 5.10. The Bertz CT molecular complexity index is 167. The molecule has 1 rings (SSSR count). The van der Waals surface area contributed by atoms with E-state index in [4.69, 9.17) is 10.5 Å². The Labute approximate surface area is 86.6 Å². The number of hydrogen-bond acceptors (Lipinski definition) is 3. The van der Waals surface area contributed by atoms with Crippen molar-refractivity contribution in [3.05, 3.63) is 0 Å². The van der Waals surface area contributed by atoms with Crippen molar-refractivity contribution in [2.45, 2.75) is 39.2 Å². The Morgan fingerprint density at radius 2 is 2.00 bits per heavy atom. The van der Waals surface area contributed by atoms with Crippen LogP contribution in [0, 0.1) is 11.3 Å². The number of hydrogen-bond donors (Lipinski definition) is 2. The molecule has 0 aliphatic carbocycles. The van der Waals surface area contributed by atoms with Crippen molar-refractivity contribution in [3.63, 3.8) is 0 Å². The van der Waals surface area contributed by atoms with Crippen molar-refractivity contribution in [2.24, 2.45) is 17.1 Å². The van der Waals surface area contributed by atoms with Gasteiger partial charge in [0.25, 0.3) is 0 Å². The number of nitrogens with two attached hydrogens (primary N) is 1. The highest BCUT2D eigenvalue weighted by Gasteiger charge is 2.40. The van der Waals surface area contributed by atoms with Crippen LogP contribution in [0.15, 0.2) is 0 Å². The van der Waals surface area contributed by atoms with Crippen molar-refractivity contribution in [2.75, 3.05) is 19.8 Å². The topological polar surface area (TPSA) is 55.5 Å². The Hall–Kier alpha value is -0.120. The Morgan fingerprint density at radius 1 is 1.43 bits per heavy atom. The van der Waals surface area contributed by atoms with Crippen LogP contribution >= 0.6 is 0 Å². The quantitative estimate of drug-likeness (QED) is 0.717. The van der Waals surface area contributed by atoms with Crippen LogP contribution in [0.3, 0.4) is 0 Å². The lowest BCUT2D eigenvalue weighted by Crippen LogP contribution is -2.48. The average molecular weight is 201 g/mol. The van der Waals surface area contributed by atoms with Gasteiger partial charge in [-0.3, -0.25) is 0 Å². The van der Waals surface area contributed by atoms with Gasteiger partial charge < -0.3 is 15.6 Å². The van der Waals surface area contributed by atoms with E-state index in [0.29, 0.717) is 12.5 Å². The molecule has 0 amide bonds. The summed E-state index contributed by atoms with van der Waals surface area (Å²) in [5.74, 6) is 0.330. The number of aliphatic hydroxyl groups excluding tert-OH is 1. The zero-order valence-electron chi connectivity index (χ0n) is 9.33. The maximum atomic E-state index is 10.3. The molecule has 1 fully saturated rings. The molecule has 0 aromatic heterocycles. The summed E-state index contributed by atoms with van der Waals surface area (Å²) < 4.78 is 5.32. The Kier molecular flexibility index (Phi) is 4.35. The highest BCUT2D eigenvalue weighted by atomic mass is 16.5. The van der Waals surface area contributed by atoms with E-state index in [1.54, 1.807) is 0 Å². The fraction of sp³-hybridized carbons (Fsp3) is 1.00. The molecule has 2 unspecified atom stereocenters. The summed E-state index contributed by atoms with van der Waals surface area (Å²) in [6.07, 6.45) is 2.52. The SMILES string of the molecule is CCC(C)C(O)C1(CN)CCOCC1. The van der Waals surface area contributed by atoms with Gasteiger partial charge in [-0.15, -0.1) is 0 Å². The van der Waals surface area contributed by atoms with Gasteiger partial charge >= 0.3 is 0 Å². The molecule has 1 heterocycles. The molecule has 2 atom stereocenters. The average Bonchev–Trinajstić information content (AvgIpc) is 2.28. The minimum absolute atomic E-state index is 0.0896. The molecule has 0 bridgehead atoms. The lowest BCUT2D eigenvalue weighted by molar-refractivity contribution is -0.0775. The van der Waals surface area contributed by atoms with Crippen molar-refractivity contribution in [3.8, 4) is 0 Å². The van der Waals surface area contributed by atoms with Crippen molar-refractivity contribution in [1.29, 1.82) is 0 Å². The van der Waals surface area contributed by atoms with Crippen LogP contribution in [0.2, 0.25) is 0 Å². The Morgan fingerprint density at radius 3 is 2.43 bits per heavy atom. The molecular weight excluding hydrogens is 178 g/mol. The summed E-state index contributed by atoms with van der Waals surface area (Å²) in [7, 11) is 0. The smallest absolute Gasteiger partial charge is 0.0635 e. The van der Waals surface area contributed by atoms with Crippen LogP contribution < -0.4 is 5.73 Å². The molecule has 84 valence electrons. The lowest BCUT2D eigenvalue weighted by atomic mass is 9.71. The standard InChI is InChI=1S/C11H23NO2/c1-3-9(2)10(13)11(8-12)4-6-14-7-5-11/h9-10,13H,3-8,12H2,1-2H3. The summed E-state index contributed by atoms with van der Waals surface area (Å²) in [5, 5.41) is 10.3. The zero-order valence-corrected chi connectivity index (χ0v) is 9.33. The normalized spacial score (nSPS) is 25.7. The molecule has 0 radical (unpaired) electrons. The van der Waals surface area contributed by atoms with Crippen molar-refractivity contribution < 1.29 is 9.84 Å². The first-order valence-corrected chi connectivity index (χ1v) is 5.62. The Balaban J connectivity index is 2.66. The molecule has 14 heavy (non-hydrogen) atoms. The summed E-state index contributed by atoms with van der Waals surface area (Å²) in [6, 6.07) is 0. The first-order valence-electron chi connectivity index (χ1n) is 5.62. The highest BCUT2D eigenvalue weighted by Crippen LogP contribution is 2.37. The number of aliphatic hydroxyl groups is 1. The third kappa shape index (κ3) is 2.27. The molecule has 0 aromatic carbocycles. The zero-order chi connectivity index (χ0) is 10.6. The van der Waals surface area contributed by atoms with E-state index in [-0.39, 0.29) is 11.5 Å². The van der Waals surface area contributed by atoms with E-state index < -0.39 is 0 Å². The van der Waals surface area contributed by atoms with E-state index in [9.17, 15) is 5.11 Å². The molecule has 0 saturated carbocycles. The van der Waals surface area contributed by atoms with Gasteiger partial charge in [-0.2, -0.15) is 0 Å². The van der Waals surface area contributed by atoms with E-state index in [1.165, 1.54) is 0 Å². The van der Waals surface area contributed by atoms with Crippen LogP contribution in [-0.4, -0.2) is 31.0 Å². The fourth-order valence-electron chi connectivity index (χ4n) is 2.23. The van der Waals surface area contributed by atoms with Gasteiger partial charge in [0.15, 0.2) is 0 Å². The third-order valence-electron chi connectivity index (χ3n) is 3.71. The third-order valence-corrected chi connectivity index (χ3v) is 3.71. The van der Waals surface area contributed by atoms with Gasteiger partial charge in [0, 0.05) is 25.2 Å². The van der Waals surface area contributed by atoms with Gasteiger partial charge in [-0.25, -0.2) is 0 Å². The molecule has 1 saturated heterocycles. The van der Waals surface area contributed by atoms with Crippen LogP contribution in [0.25, 0.3) is 0 Å². The van der Waals surface area contributed by atoms with E-state index >= 15 is 0 Å². The van der Waals surface area contributed by atoms with Crippen LogP contribution in [0.5, 0.6) is 0 Å². The molecule has 3 nitrogen and oxygen atoms in total. The van der Waals surface area contributed by atoms with Crippen LogP contribution in [0.4, 0.5) is 0 Å². The minimum Gasteiger partial charge on any atom is -0.392 e. The van der Waals surface area contributed by atoms with Gasteiger partial charge in [0.1, 0.15) is 0 Å². The molecule has 0 aromatic rings. The predicted octanol–water partition coefficient (Wildman–Crippen LogP) is 1.15. The first-order chi connectivity index (χ1) is 6.66. The second-order valence-electron chi connectivity index (χ2n) is 4.51. The fourth-order valence-corrected chi connectivity index (χ4v) is 2.23. The lowest BCUT2D eigenvalue weighted by Gasteiger charge is -2.42. The predicted molar refractivity (Wildman–Crippen MR) is 57.0 cm³/mol. The van der Waals surface area contributed by atoms with E-state index in [0.717, 1.165) is 32.5 Å². The summed E-state index contributed by atoms with van der Waals surface area (Å²) >= 11 is 0. The maximum Gasteiger partial charge on any atom is 0.0635 e. The molecule has 3 N–H and O–H groups in total. The monoisotopic (exact) mass is 201 g/mol. The molecule has 1 aliphatic heterocycles. The summed E-state index contributed by atoms with van der Waals surface area (Å²) in [6.45, 7) is 6.26. The largest absolute Gasteiger partial charge is 0.392 e. The molecular formula is C11H23NO2. The van der Waals surface area contributed by atoms with Gasteiger partial charge in [0.05, 0.1) is 6.10 Å². The highest BCUT2D eigenvalue weighted by molar-refractivity contribution is 4.91. The second-order valence-corrected chi connectivity index (χ2v) is 4.51. The summed E-state index contributed by atoms with van der Waals surface area (Å²) in [5.41, 5.74) is 5.73. The maximum absolute atomic E-state index is 10.3. The van der Waals surface area contributed by atoms with Gasteiger partial charge in [-0.1, -0.05) is 20.3 Å². The van der Waals surface area contributed by atoms with E-state index in [2.05, 4.69) is 13.8 Å². The number of rotatable bonds is 4. The van der Waals surface area contributed by atoms with E-state index in [1.807, 2.05) is 0 Å². The van der Waals surface area contributed by atoms with Crippen LogP contribution in [0.1, 0.15) is 33.1 Å². The number of ether oxygens (including phenoxy) is 1. The summed E-state index contributed by atoms with van der Waals surface area (Å²) in [4.78, 5) is 0. The van der Waals surface area contributed by atoms with Gasteiger partial charge in [0.2, 0.25) is 0 Å². The van der Waals surface area contributed by atoms with Crippen molar-refractivity contribution >= 4 is 0 Å². The van der Waals surface area contributed by atoms with Gasteiger partial charge in [-0.05, 0) is 18.8 Å². The minimum atomic E-state index is -0.276. The molecule has 1 aliphatic rings. The van der Waals surface area contributed by atoms with Crippen molar-refractivity contribution in [1.82, 2.24) is 0 Å². The molecule has 3 heteroatoms.